The molecule has 1 aromatic heterocycles. The van der Waals surface area contributed by atoms with Gasteiger partial charge in [0.25, 0.3) is 5.56 Å². The van der Waals surface area contributed by atoms with Crippen molar-refractivity contribution >= 4 is 0 Å². The quantitative estimate of drug-likeness (QED) is 0.824. The minimum absolute atomic E-state index is 0.210. The number of methoxy groups -OCH3 is 1. The normalized spacial score (nSPS) is 10.1. The van der Waals surface area contributed by atoms with Gasteiger partial charge in [0.1, 0.15) is 17.8 Å². The third-order valence-electron chi connectivity index (χ3n) is 2.20. The van der Waals surface area contributed by atoms with Crippen LogP contribution in [0.4, 0.5) is 0 Å². The summed E-state index contributed by atoms with van der Waals surface area (Å²) >= 11 is 0. The van der Waals surface area contributed by atoms with Crippen LogP contribution >= 0.6 is 0 Å². The van der Waals surface area contributed by atoms with E-state index in [2.05, 4.69) is 15.2 Å². The second-order valence-electron chi connectivity index (χ2n) is 3.29. The molecule has 0 unspecified atom stereocenters. The van der Waals surface area contributed by atoms with Crippen LogP contribution in [0, 0.1) is 0 Å². The minimum atomic E-state index is -0.210. The largest absolute Gasteiger partial charge is 0.497 e. The van der Waals surface area contributed by atoms with Gasteiger partial charge in [0.2, 0.25) is 0 Å². The summed E-state index contributed by atoms with van der Waals surface area (Å²) in [5.41, 5.74) is 1.15. The van der Waals surface area contributed by atoms with E-state index in [-0.39, 0.29) is 5.56 Å². The molecule has 1 aromatic carbocycles. The van der Waals surface area contributed by atoms with Crippen LogP contribution in [-0.2, 0) is 6.42 Å². The number of nitrogens with zero attached hydrogens (tertiary/aromatic N) is 2. The lowest BCUT2D eigenvalue weighted by Crippen LogP contribution is -2.15. The number of hydrogen-bond donors (Lipinski definition) is 1. The molecule has 2 rings (SSSR count). The highest BCUT2D eigenvalue weighted by atomic mass is 16.5. The fraction of sp³-hybridized carbons (Fsp3) is 0.182. The highest BCUT2D eigenvalue weighted by Crippen LogP contribution is 2.13. The van der Waals surface area contributed by atoms with Gasteiger partial charge in [-0.25, -0.2) is 0 Å². The second kappa shape index (κ2) is 4.57. The number of rotatable bonds is 3. The van der Waals surface area contributed by atoms with Crippen LogP contribution in [0.2, 0.25) is 0 Å². The van der Waals surface area contributed by atoms with Crippen molar-refractivity contribution in [2.24, 2.45) is 0 Å². The van der Waals surface area contributed by atoms with Gasteiger partial charge in [0, 0.05) is 6.42 Å². The molecule has 16 heavy (non-hydrogen) atoms. The topological polar surface area (TPSA) is 67.9 Å². The Balaban J connectivity index is 2.27. The average Bonchev–Trinajstić information content (AvgIpc) is 2.32. The predicted molar refractivity (Wildman–Crippen MR) is 58.5 cm³/mol. The molecule has 5 heteroatoms. The average molecular weight is 217 g/mol. The first-order chi connectivity index (χ1) is 7.79. The van der Waals surface area contributed by atoms with Gasteiger partial charge in [0.15, 0.2) is 0 Å². The van der Waals surface area contributed by atoms with Crippen molar-refractivity contribution in [2.45, 2.75) is 6.42 Å². The number of H-pyrrole nitrogens is 1. The summed E-state index contributed by atoms with van der Waals surface area (Å²) in [6, 6.07) is 7.51. The highest BCUT2D eigenvalue weighted by Gasteiger charge is 2.03. The van der Waals surface area contributed by atoms with Crippen LogP contribution < -0.4 is 10.3 Å². The Hall–Kier alpha value is -2.17. The number of ether oxygens (including phenoxy) is 1. The highest BCUT2D eigenvalue weighted by molar-refractivity contribution is 5.30. The number of nitrogens with one attached hydrogen (secondary N) is 1. The third kappa shape index (κ3) is 2.25. The molecule has 0 saturated carbocycles. The lowest BCUT2D eigenvalue weighted by molar-refractivity contribution is 0.414. The fourth-order valence-corrected chi connectivity index (χ4v) is 1.41. The van der Waals surface area contributed by atoms with Crippen molar-refractivity contribution in [3.63, 3.8) is 0 Å². The van der Waals surface area contributed by atoms with Gasteiger partial charge in [-0.1, -0.05) is 12.1 Å². The molecule has 0 saturated heterocycles. The Morgan fingerprint density at radius 3 is 3.06 bits per heavy atom. The van der Waals surface area contributed by atoms with Crippen LogP contribution in [0.1, 0.15) is 11.3 Å². The van der Waals surface area contributed by atoms with E-state index in [1.54, 1.807) is 7.11 Å². The molecule has 0 radical (unpaired) electrons. The van der Waals surface area contributed by atoms with E-state index < -0.39 is 0 Å². The fourth-order valence-electron chi connectivity index (χ4n) is 1.41. The lowest BCUT2D eigenvalue weighted by atomic mass is 10.1. The first kappa shape index (κ1) is 10.4. The number of aromatic nitrogens is 3. The molecule has 2 aromatic rings. The van der Waals surface area contributed by atoms with Crippen LogP contribution in [0.5, 0.6) is 5.75 Å². The van der Waals surface area contributed by atoms with E-state index in [9.17, 15) is 4.79 Å². The maximum absolute atomic E-state index is 11.4. The van der Waals surface area contributed by atoms with Gasteiger partial charge in [-0.05, 0) is 17.7 Å². The molecular weight excluding hydrogens is 206 g/mol. The molecular formula is C11H11N3O2. The van der Waals surface area contributed by atoms with E-state index in [0.29, 0.717) is 12.1 Å². The minimum Gasteiger partial charge on any atom is -0.497 e. The van der Waals surface area contributed by atoms with E-state index in [0.717, 1.165) is 11.3 Å². The first-order valence-corrected chi connectivity index (χ1v) is 4.82. The number of hydrogen-bond acceptors (Lipinski definition) is 4. The first-order valence-electron chi connectivity index (χ1n) is 4.82. The number of aromatic amines is 1. The molecule has 0 aliphatic carbocycles. The maximum Gasteiger partial charge on any atom is 0.273 e. The molecule has 5 nitrogen and oxygen atoms in total. The van der Waals surface area contributed by atoms with Gasteiger partial charge >= 0.3 is 0 Å². The molecule has 0 spiro atoms. The molecule has 0 atom stereocenters. The van der Waals surface area contributed by atoms with Crippen LogP contribution in [-0.4, -0.2) is 22.3 Å². The zero-order valence-electron chi connectivity index (χ0n) is 8.80. The lowest BCUT2D eigenvalue weighted by Gasteiger charge is -2.02. The van der Waals surface area contributed by atoms with Crippen molar-refractivity contribution in [1.29, 1.82) is 0 Å². The SMILES string of the molecule is COc1cccc(Cc2nnc[nH]c2=O)c1. The molecule has 0 amide bonds. The number of benzene rings is 1. The van der Waals surface area contributed by atoms with Crippen molar-refractivity contribution < 1.29 is 4.74 Å². The van der Waals surface area contributed by atoms with Gasteiger partial charge in [-0.3, -0.25) is 4.79 Å². The summed E-state index contributed by atoms with van der Waals surface area (Å²) in [6.45, 7) is 0. The summed E-state index contributed by atoms with van der Waals surface area (Å²) < 4.78 is 5.10. The Kier molecular flexibility index (Phi) is 2.95. The van der Waals surface area contributed by atoms with Crippen molar-refractivity contribution in [2.75, 3.05) is 7.11 Å². The maximum atomic E-state index is 11.4. The van der Waals surface area contributed by atoms with Crippen molar-refractivity contribution in [3.8, 4) is 5.75 Å². The van der Waals surface area contributed by atoms with E-state index in [1.165, 1.54) is 6.33 Å². The molecule has 1 heterocycles. The summed E-state index contributed by atoms with van der Waals surface area (Å²) in [5.74, 6) is 0.762. The smallest absolute Gasteiger partial charge is 0.273 e. The summed E-state index contributed by atoms with van der Waals surface area (Å²) in [7, 11) is 1.61. The molecule has 0 bridgehead atoms. The Bertz CT molecular complexity index is 537. The van der Waals surface area contributed by atoms with Crippen LogP contribution in [0.3, 0.4) is 0 Å². The Morgan fingerprint density at radius 1 is 1.44 bits per heavy atom. The monoisotopic (exact) mass is 217 g/mol. The predicted octanol–water partition coefficient (Wildman–Crippen LogP) is 0.764. The Morgan fingerprint density at radius 2 is 2.31 bits per heavy atom. The standard InChI is InChI=1S/C11H11N3O2/c1-16-9-4-2-3-8(5-9)6-10-11(15)12-7-13-14-10/h2-5,7H,6H2,1H3,(H,12,13,15). The van der Waals surface area contributed by atoms with E-state index in [1.807, 2.05) is 24.3 Å². The summed E-state index contributed by atoms with van der Waals surface area (Å²) in [4.78, 5) is 13.9. The van der Waals surface area contributed by atoms with E-state index in [4.69, 9.17) is 4.74 Å². The summed E-state index contributed by atoms with van der Waals surface area (Å²) in [6.07, 6.45) is 1.72. The molecule has 0 fully saturated rings. The van der Waals surface area contributed by atoms with Crippen LogP contribution in [0.15, 0.2) is 35.4 Å². The van der Waals surface area contributed by atoms with Gasteiger partial charge in [-0.15, -0.1) is 10.2 Å². The molecule has 0 aliphatic rings. The van der Waals surface area contributed by atoms with E-state index >= 15 is 0 Å². The van der Waals surface area contributed by atoms with Crippen LogP contribution in [0.25, 0.3) is 0 Å². The second-order valence-corrected chi connectivity index (χ2v) is 3.29. The molecule has 0 aliphatic heterocycles. The van der Waals surface area contributed by atoms with Crippen molar-refractivity contribution in [1.82, 2.24) is 15.2 Å². The summed E-state index contributed by atoms with van der Waals surface area (Å²) in [5, 5.41) is 7.44. The molecule has 1 N–H and O–H groups in total. The van der Waals surface area contributed by atoms with Gasteiger partial charge in [0.05, 0.1) is 7.11 Å². The zero-order valence-corrected chi connectivity index (χ0v) is 8.80. The van der Waals surface area contributed by atoms with Gasteiger partial charge < -0.3 is 9.72 Å². The zero-order chi connectivity index (χ0) is 11.4. The Labute approximate surface area is 92.1 Å². The van der Waals surface area contributed by atoms with Crippen molar-refractivity contribution in [3.05, 3.63) is 52.2 Å². The third-order valence-corrected chi connectivity index (χ3v) is 2.20. The molecule has 82 valence electrons. The van der Waals surface area contributed by atoms with Gasteiger partial charge in [-0.2, -0.15) is 0 Å².